The van der Waals surface area contributed by atoms with Crippen LogP contribution in [0.4, 0.5) is 5.69 Å². The molecule has 106 valence electrons. The molecule has 0 fully saturated rings. The Morgan fingerprint density at radius 1 is 1.24 bits per heavy atom. The first-order valence-corrected chi connectivity index (χ1v) is 7.21. The van der Waals surface area contributed by atoms with Gasteiger partial charge < -0.3 is 10.1 Å². The van der Waals surface area contributed by atoms with Crippen molar-refractivity contribution in [1.29, 1.82) is 5.26 Å². The number of hydrogen-bond donors (Lipinski definition) is 1. The van der Waals surface area contributed by atoms with Crippen molar-refractivity contribution in [2.24, 2.45) is 5.92 Å². The van der Waals surface area contributed by atoms with E-state index >= 15 is 0 Å². The van der Waals surface area contributed by atoms with Crippen molar-refractivity contribution >= 4 is 17.3 Å². The Hall–Kier alpha value is -2.18. The third kappa shape index (κ3) is 2.22. The van der Waals surface area contributed by atoms with Gasteiger partial charge >= 0.3 is 0 Å². The number of para-hydroxylation sites is 2. The number of ether oxygens (including phenoxy) is 1. The first-order valence-electron chi connectivity index (χ1n) is 6.83. The number of rotatable bonds is 2. The van der Waals surface area contributed by atoms with Crippen LogP contribution < -0.4 is 10.1 Å². The highest BCUT2D eigenvalue weighted by atomic mass is 35.5. The largest absolute Gasteiger partial charge is 0.493 e. The van der Waals surface area contributed by atoms with E-state index in [1.54, 1.807) is 0 Å². The van der Waals surface area contributed by atoms with Gasteiger partial charge in [0.2, 0.25) is 0 Å². The molecule has 3 rings (SSSR count). The van der Waals surface area contributed by atoms with Crippen LogP contribution in [0.5, 0.6) is 5.75 Å². The molecule has 0 saturated heterocycles. The van der Waals surface area contributed by atoms with Crippen LogP contribution in [0.1, 0.15) is 12.5 Å². The Morgan fingerprint density at radius 3 is 2.71 bits per heavy atom. The molecule has 0 amide bonds. The number of nitriles is 1. The fourth-order valence-electron chi connectivity index (χ4n) is 2.69. The van der Waals surface area contributed by atoms with Crippen LogP contribution in [0.3, 0.4) is 0 Å². The van der Waals surface area contributed by atoms with Crippen LogP contribution in [0.15, 0.2) is 48.5 Å². The third-order valence-electron chi connectivity index (χ3n) is 3.92. The van der Waals surface area contributed by atoms with E-state index in [0.29, 0.717) is 11.6 Å². The summed E-state index contributed by atoms with van der Waals surface area (Å²) in [6, 6.07) is 17.6. The minimum atomic E-state index is -0.847. The van der Waals surface area contributed by atoms with Crippen molar-refractivity contribution in [3.8, 4) is 11.8 Å². The Balaban J connectivity index is 2.12. The van der Waals surface area contributed by atoms with Crippen LogP contribution in [-0.4, -0.2) is 6.61 Å². The topological polar surface area (TPSA) is 45.0 Å². The summed E-state index contributed by atoms with van der Waals surface area (Å²) >= 11 is 6.23. The zero-order valence-corrected chi connectivity index (χ0v) is 12.4. The van der Waals surface area contributed by atoms with E-state index < -0.39 is 5.54 Å². The van der Waals surface area contributed by atoms with E-state index in [1.807, 2.05) is 55.5 Å². The summed E-state index contributed by atoms with van der Waals surface area (Å²) < 4.78 is 5.74. The van der Waals surface area contributed by atoms with E-state index in [2.05, 4.69) is 11.4 Å². The van der Waals surface area contributed by atoms with Crippen LogP contribution in [0.2, 0.25) is 5.02 Å². The quantitative estimate of drug-likeness (QED) is 0.904. The summed E-state index contributed by atoms with van der Waals surface area (Å²) in [6.45, 7) is 2.49. The third-order valence-corrected chi connectivity index (χ3v) is 4.25. The van der Waals surface area contributed by atoms with E-state index in [9.17, 15) is 5.26 Å². The van der Waals surface area contributed by atoms with Gasteiger partial charge in [-0.1, -0.05) is 48.9 Å². The van der Waals surface area contributed by atoms with E-state index in [1.165, 1.54) is 0 Å². The van der Waals surface area contributed by atoms with Gasteiger partial charge in [0.25, 0.3) is 0 Å². The lowest BCUT2D eigenvalue weighted by Gasteiger charge is -2.39. The van der Waals surface area contributed by atoms with Crippen molar-refractivity contribution < 1.29 is 4.74 Å². The molecule has 1 N–H and O–H groups in total. The molecule has 1 heterocycles. The molecule has 0 spiro atoms. The number of fused-ring (bicyclic) bond motifs is 1. The predicted molar refractivity (Wildman–Crippen MR) is 83.5 cm³/mol. The zero-order valence-electron chi connectivity index (χ0n) is 11.6. The van der Waals surface area contributed by atoms with Gasteiger partial charge in [0.15, 0.2) is 5.54 Å². The molecular weight excluding hydrogens is 284 g/mol. The normalized spacial score (nSPS) is 23.6. The second-order valence-electron chi connectivity index (χ2n) is 5.23. The molecule has 2 atom stereocenters. The van der Waals surface area contributed by atoms with Crippen LogP contribution in [0.25, 0.3) is 0 Å². The molecule has 0 radical (unpaired) electrons. The van der Waals surface area contributed by atoms with Gasteiger partial charge in [-0.15, -0.1) is 0 Å². The van der Waals surface area contributed by atoms with E-state index in [4.69, 9.17) is 16.3 Å². The van der Waals surface area contributed by atoms with Gasteiger partial charge in [-0.2, -0.15) is 5.26 Å². The van der Waals surface area contributed by atoms with Gasteiger partial charge in [-0.05, 0) is 18.2 Å². The summed E-state index contributed by atoms with van der Waals surface area (Å²) in [5.74, 6) is 0.741. The number of halogens is 1. The van der Waals surface area contributed by atoms with Crippen molar-refractivity contribution in [3.63, 3.8) is 0 Å². The number of anilines is 1. The summed E-state index contributed by atoms with van der Waals surface area (Å²) in [4.78, 5) is 0. The molecule has 4 heteroatoms. The molecule has 0 aliphatic carbocycles. The molecule has 2 unspecified atom stereocenters. The number of hydrogen-bond acceptors (Lipinski definition) is 3. The summed E-state index contributed by atoms with van der Waals surface area (Å²) in [7, 11) is 0. The summed E-state index contributed by atoms with van der Waals surface area (Å²) in [5, 5.41) is 13.8. The highest BCUT2D eigenvalue weighted by molar-refractivity contribution is 6.33. The van der Waals surface area contributed by atoms with Crippen molar-refractivity contribution in [3.05, 3.63) is 59.1 Å². The lowest BCUT2D eigenvalue weighted by atomic mass is 9.78. The average Bonchev–Trinajstić information content (AvgIpc) is 2.52. The fourth-order valence-corrected chi connectivity index (χ4v) is 2.87. The van der Waals surface area contributed by atoms with Crippen molar-refractivity contribution in [2.45, 2.75) is 12.5 Å². The fraction of sp³-hybridized carbons (Fsp3) is 0.235. The molecule has 1 aliphatic heterocycles. The average molecular weight is 299 g/mol. The van der Waals surface area contributed by atoms with Gasteiger partial charge in [0.05, 0.1) is 23.4 Å². The molecule has 1 aliphatic rings. The van der Waals surface area contributed by atoms with Crippen LogP contribution >= 0.6 is 11.6 Å². The summed E-state index contributed by atoms with van der Waals surface area (Å²) in [5.41, 5.74) is 0.760. The van der Waals surface area contributed by atoms with Gasteiger partial charge in [-0.25, -0.2) is 0 Å². The Morgan fingerprint density at radius 2 is 1.95 bits per heavy atom. The maximum absolute atomic E-state index is 9.90. The number of nitrogens with one attached hydrogen (secondary N) is 1. The Bertz CT molecular complexity index is 710. The second-order valence-corrected chi connectivity index (χ2v) is 5.64. The van der Waals surface area contributed by atoms with Crippen LogP contribution in [0, 0.1) is 17.2 Å². The van der Waals surface area contributed by atoms with E-state index in [0.717, 1.165) is 17.0 Å². The van der Waals surface area contributed by atoms with Gasteiger partial charge in [0, 0.05) is 11.5 Å². The van der Waals surface area contributed by atoms with Crippen LogP contribution in [-0.2, 0) is 5.54 Å². The van der Waals surface area contributed by atoms with Crippen molar-refractivity contribution in [1.82, 2.24) is 0 Å². The molecule has 0 saturated carbocycles. The first-order chi connectivity index (χ1) is 10.2. The molecular formula is C17H15ClN2O. The minimum Gasteiger partial charge on any atom is -0.493 e. The van der Waals surface area contributed by atoms with Gasteiger partial charge in [-0.3, -0.25) is 0 Å². The highest BCUT2D eigenvalue weighted by Crippen LogP contribution is 2.43. The Labute approximate surface area is 129 Å². The number of benzene rings is 2. The molecule has 0 bridgehead atoms. The second kappa shape index (κ2) is 5.31. The minimum absolute atomic E-state index is 0.00586. The standard InChI is InChI=1S/C17H15ClN2O/c1-12-10-21-16-9-5-2-6-13(16)17(12,11-19)20-15-8-4-3-7-14(15)18/h2-9,12,20H,10H2,1H3. The molecule has 3 nitrogen and oxygen atoms in total. The Kier molecular flexibility index (Phi) is 3.48. The maximum atomic E-state index is 9.90. The summed E-state index contributed by atoms with van der Waals surface area (Å²) in [6.07, 6.45) is 0. The molecule has 0 aromatic heterocycles. The lowest BCUT2D eigenvalue weighted by Crippen LogP contribution is -2.46. The molecule has 2 aromatic carbocycles. The maximum Gasteiger partial charge on any atom is 0.160 e. The monoisotopic (exact) mass is 298 g/mol. The van der Waals surface area contributed by atoms with Crippen molar-refractivity contribution in [2.75, 3.05) is 11.9 Å². The molecule has 2 aromatic rings. The highest BCUT2D eigenvalue weighted by Gasteiger charge is 2.44. The van der Waals surface area contributed by atoms with E-state index in [-0.39, 0.29) is 5.92 Å². The number of nitrogens with zero attached hydrogens (tertiary/aromatic N) is 1. The lowest BCUT2D eigenvalue weighted by molar-refractivity contribution is 0.186. The SMILES string of the molecule is CC1COc2ccccc2C1(C#N)Nc1ccccc1Cl. The zero-order chi connectivity index (χ0) is 14.9. The van der Waals surface area contributed by atoms with Gasteiger partial charge in [0.1, 0.15) is 5.75 Å². The molecule has 21 heavy (non-hydrogen) atoms. The smallest absolute Gasteiger partial charge is 0.160 e. The first kappa shape index (κ1) is 13.8. The predicted octanol–water partition coefficient (Wildman–Crippen LogP) is 4.20.